The minimum Gasteiger partial charge on any atom is -0.410 e. The van der Waals surface area contributed by atoms with E-state index in [1.807, 2.05) is 27.7 Å². The molecule has 0 spiro atoms. The van der Waals surface area contributed by atoms with Gasteiger partial charge >= 0.3 is 6.09 Å². The highest BCUT2D eigenvalue weighted by Crippen LogP contribution is 2.20. The summed E-state index contributed by atoms with van der Waals surface area (Å²) in [6.45, 7) is 8.00. The van der Waals surface area contributed by atoms with Crippen molar-refractivity contribution in [2.45, 2.75) is 90.4 Å². The largest absolute Gasteiger partial charge is 0.413 e. The first-order valence-electron chi connectivity index (χ1n) is 14.7. The van der Waals surface area contributed by atoms with Crippen LogP contribution in [0.3, 0.4) is 0 Å². The lowest BCUT2D eigenvalue weighted by Crippen LogP contribution is -2.57. The fourth-order valence-corrected chi connectivity index (χ4v) is 4.75. The number of Topliss-reactive ketones (excluding diaryl/α,β-unsaturated/α-hetero) is 1. The van der Waals surface area contributed by atoms with E-state index in [1.165, 1.54) is 0 Å². The molecule has 2 aliphatic rings. The lowest BCUT2D eigenvalue weighted by molar-refractivity contribution is -0.141. The van der Waals surface area contributed by atoms with Crippen LogP contribution in [0.15, 0.2) is 30.3 Å². The van der Waals surface area contributed by atoms with E-state index in [1.54, 1.807) is 30.3 Å². The van der Waals surface area contributed by atoms with Gasteiger partial charge in [-0.2, -0.15) is 0 Å². The number of rotatable bonds is 15. The van der Waals surface area contributed by atoms with Gasteiger partial charge in [0.1, 0.15) is 17.8 Å². The molecule has 1 aliphatic heterocycles. The average Bonchev–Trinajstić information content (AvgIpc) is 3.65. The maximum atomic E-state index is 13.5. The highest BCUT2D eigenvalue weighted by atomic mass is 16.6. The van der Waals surface area contributed by atoms with Gasteiger partial charge in [0.15, 0.2) is 0 Å². The van der Waals surface area contributed by atoms with Gasteiger partial charge in [0.25, 0.3) is 5.91 Å². The third-order valence-corrected chi connectivity index (χ3v) is 7.06. The van der Waals surface area contributed by atoms with Gasteiger partial charge in [0.05, 0.1) is 6.04 Å². The molecule has 4 atom stereocenters. The predicted octanol–water partition coefficient (Wildman–Crippen LogP) is 1.58. The standard InChI is InChI=1S/C30H43N5O7/c1-17(2)14-23(34-28(39)24(15-18(3)4)35-30(41)42-21-8-6-5-7-9-21)27(38)33-22(16-19-12-13-31-26(19)37)25(36)29(40)32-20-10-11-20/h5-9,17-20,22-24H,10-16H2,1-4H3,(H,31,37)(H,32,40)(H,33,38)(H,34,39)(H,35,41). The maximum absolute atomic E-state index is 13.5. The van der Waals surface area contributed by atoms with Crippen molar-refractivity contribution in [3.8, 4) is 5.75 Å². The van der Waals surface area contributed by atoms with Crippen molar-refractivity contribution in [2.75, 3.05) is 6.54 Å². The van der Waals surface area contributed by atoms with Gasteiger partial charge in [-0.05, 0) is 62.5 Å². The van der Waals surface area contributed by atoms with Crippen molar-refractivity contribution in [1.82, 2.24) is 26.6 Å². The Morgan fingerprint density at radius 1 is 0.833 bits per heavy atom. The summed E-state index contributed by atoms with van der Waals surface area (Å²) >= 11 is 0. The van der Waals surface area contributed by atoms with Gasteiger partial charge in [-0.3, -0.25) is 24.0 Å². The van der Waals surface area contributed by atoms with E-state index in [2.05, 4.69) is 26.6 Å². The SMILES string of the molecule is CC(C)CC(NC(=O)Oc1ccccc1)C(=O)NC(CC(C)C)C(=O)NC(CC1CCNC1=O)C(=O)C(=O)NC1CC1. The van der Waals surface area contributed by atoms with Crippen molar-refractivity contribution in [3.63, 3.8) is 0 Å². The number of carbonyl (C=O) groups is 6. The molecule has 1 saturated heterocycles. The quantitative estimate of drug-likeness (QED) is 0.194. The predicted molar refractivity (Wildman–Crippen MR) is 154 cm³/mol. The van der Waals surface area contributed by atoms with E-state index in [0.29, 0.717) is 18.7 Å². The lowest BCUT2D eigenvalue weighted by atomic mass is 9.94. The van der Waals surface area contributed by atoms with Gasteiger partial charge in [0.2, 0.25) is 23.5 Å². The minimum atomic E-state index is -1.23. The normalized spacial score (nSPS) is 18.4. The van der Waals surface area contributed by atoms with Gasteiger partial charge in [-0.1, -0.05) is 45.9 Å². The summed E-state index contributed by atoms with van der Waals surface area (Å²) in [5.74, 6) is -3.30. The summed E-state index contributed by atoms with van der Waals surface area (Å²) in [7, 11) is 0. The fourth-order valence-electron chi connectivity index (χ4n) is 4.75. The number of hydrogen-bond acceptors (Lipinski definition) is 7. The molecule has 1 saturated carbocycles. The number of amides is 5. The van der Waals surface area contributed by atoms with Crippen LogP contribution >= 0.6 is 0 Å². The van der Waals surface area contributed by atoms with Gasteiger partial charge in [-0.15, -0.1) is 0 Å². The van der Waals surface area contributed by atoms with E-state index in [9.17, 15) is 28.8 Å². The first-order valence-corrected chi connectivity index (χ1v) is 14.7. The van der Waals surface area contributed by atoms with Crippen LogP contribution in [0.1, 0.15) is 66.2 Å². The second-order valence-electron chi connectivity index (χ2n) is 11.9. The van der Waals surface area contributed by atoms with Crippen molar-refractivity contribution >= 4 is 35.5 Å². The Hall–Kier alpha value is -3.96. The first kappa shape index (κ1) is 32.6. The van der Waals surface area contributed by atoms with Crippen LogP contribution in [-0.2, 0) is 24.0 Å². The number of carbonyl (C=O) groups excluding carboxylic acids is 6. The monoisotopic (exact) mass is 585 g/mol. The van der Waals surface area contributed by atoms with E-state index in [-0.39, 0.29) is 43.0 Å². The Bertz CT molecular complexity index is 1140. The molecule has 3 rings (SSSR count). The first-order chi connectivity index (χ1) is 19.9. The zero-order valence-electron chi connectivity index (χ0n) is 24.7. The fraction of sp³-hybridized carbons (Fsp3) is 0.600. The van der Waals surface area contributed by atoms with E-state index < -0.39 is 53.6 Å². The number of benzene rings is 1. The zero-order chi connectivity index (χ0) is 30.8. The highest BCUT2D eigenvalue weighted by Gasteiger charge is 2.37. The molecule has 12 nitrogen and oxygen atoms in total. The molecular weight excluding hydrogens is 542 g/mol. The Labute approximate surface area is 246 Å². The third-order valence-electron chi connectivity index (χ3n) is 7.06. The van der Waals surface area contributed by atoms with E-state index in [4.69, 9.17) is 4.74 Å². The molecule has 230 valence electrons. The topological polar surface area (TPSA) is 172 Å². The van der Waals surface area contributed by atoms with Crippen LogP contribution in [0.4, 0.5) is 4.79 Å². The molecule has 5 N–H and O–H groups in total. The van der Waals surface area contributed by atoms with Crippen LogP contribution < -0.4 is 31.3 Å². The summed E-state index contributed by atoms with van der Waals surface area (Å²) in [6.07, 6.45) is 1.73. The summed E-state index contributed by atoms with van der Waals surface area (Å²) < 4.78 is 5.28. The molecule has 1 aromatic rings. The smallest absolute Gasteiger partial charge is 0.410 e. The Balaban J connectivity index is 1.72. The van der Waals surface area contributed by atoms with Crippen molar-refractivity contribution in [2.24, 2.45) is 17.8 Å². The number of hydrogen-bond donors (Lipinski definition) is 5. The summed E-state index contributed by atoms with van der Waals surface area (Å²) in [6, 6.07) is 5.08. The van der Waals surface area contributed by atoms with E-state index >= 15 is 0 Å². The molecule has 12 heteroatoms. The molecule has 2 fully saturated rings. The van der Waals surface area contributed by atoms with Crippen molar-refractivity contribution in [3.05, 3.63) is 30.3 Å². The van der Waals surface area contributed by atoms with Crippen LogP contribution in [-0.4, -0.2) is 66.2 Å². The molecule has 1 aliphatic carbocycles. The van der Waals surface area contributed by atoms with E-state index in [0.717, 1.165) is 12.8 Å². The van der Waals surface area contributed by atoms with Crippen molar-refractivity contribution in [1.29, 1.82) is 0 Å². The van der Waals surface area contributed by atoms with Gasteiger partial charge in [0, 0.05) is 18.5 Å². The second kappa shape index (κ2) is 15.3. The molecule has 0 bridgehead atoms. The molecule has 42 heavy (non-hydrogen) atoms. The summed E-state index contributed by atoms with van der Waals surface area (Å²) in [4.78, 5) is 77.4. The number of ether oxygens (including phenoxy) is 1. The van der Waals surface area contributed by atoms with Crippen LogP contribution in [0.5, 0.6) is 5.75 Å². The van der Waals surface area contributed by atoms with Gasteiger partial charge in [-0.25, -0.2) is 4.79 Å². The lowest BCUT2D eigenvalue weighted by Gasteiger charge is -2.27. The third kappa shape index (κ3) is 10.5. The molecule has 0 radical (unpaired) electrons. The van der Waals surface area contributed by atoms with Gasteiger partial charge < -0.3 is 31.3 Å². The molecule has 1 aromatic carbocycles. The number of para-hydroxylation sites is 1. The molecule has 4 unspecified atom stereocenters. The molecular formula is C30H43N5O7. The highest BCUT2D eigenvalue weighted by molar-refractivity contribution is 6.38. The number of nitrogens with one attached hydrogen (secondary N) is 5. The molecule has 0 aromatic heterocycles. The number of ketones is 1. The molecule has 1 heterocycles. The Morgan fingerprint density at radius 2 is 1.40 bits per heavy atom. The maximum Gasteiger partial charge on any atom is 0.413 e. The van der Waals surface area contributed by atoms with Crippen molar-refractivity contribution < 1.29 is 33.5 Å². The Morgan fingerprint density at radius 3 is 1.93 bits per heavy atom. The second-order valence-corrected chi connectivity index (χ2v) is 11.9. The van der Waals surface area contributed by atoms with Crippen LogP contribution in [0.25, 0.3) is 0 Å². The Kier molecular flexibility index (Phi) is 11.9. The zero-order valence-corrected chi connectivity index (χ0v) is 24.7. The minimum absolute atomic E-state index is 0.0199. The van der Waals surface area contributed by atoms with Crippen LogP contribution in [0, 0.1) is 17.8 Å². The average molecular weight is 586 g/mol. The summed E-state index contributed by atoms with van der Waals surface area (Å²) in [5.41, 5.74) is 0. The van der Waals surface area contributed by atoms with Crippen LogP contribution in [0.2, 0.25) is 0 Å². The molecule has 5 amide bonds. The summed E-state index contributed by atoms with van der Waals surface area (Å²) in [5, 5.41) is 13.3.